The van der Waals surface area contributed by atoms with Gasteiger partial charge in [-0.15, -0.1) is 0 Å². The molecule has 2 N–H and O–H groups in total. The smallest absolute Gasteiger partial charge is 0.408 e. The maximum absolute atomic E-state index is 12.9. The van der Waals surface area contributed by atoms with Crippen LogP contribution in [0.15, 0.2) is 31.3 Å². The molecule has 3 rings (SSSR count). The second-order valence-electron chi connectivity index (χ2n) is 9.50. The maximum Gasteiger partial charge on any atom is 0.408 e. The van der Waals surface area contributed by atoms with Crippen LogP contribution in [0.3, 0.4) is 0 Å². The zero-order valence-electron chi connectivity index (χ0n) is 20.2. The Morgan fingerprint density at radius 2 is 1.31 bits per heavy atom. The van der Waals surface area contributed by atoms with Crippen molar-refractivity contribution in [1.29, 1.82) is 0 Å². The molecular weight excluding hydrogens is 458 g/mol. The molecule has 11 heteroatoms. The summed E-state index contributed by atoms with van der Waals surface area (Å²) in [5, 5.41) is 11.9. The molecule has 0 aliphatic carbocycles. The van der Waals surface area contributed by atoms with Crippen LogP contribution in [0.4, 0.5) is 4.79 Å². The molecule has 0 aliphatic heterocycles. The Kier molecular flexibility index (Phi) is 7.27. The highest BCUT2D eigenvalue weighted by atomic mass is 16.6. The van der Waals surface area contributed by atoms with Gasteiger partial charge in [0, 0.05) is 13.1 Å². The first-order valence-corrected chi connectivity index (χ1v) is 11.5. The van der Waals surface area contributed by atoms with E-state index < -0.39 is 45.9 Å². The van der Waals surface area contributed by atoms with Crippen molar-refractivity contribution < 1.29 is 19.4 Å². The second-order valence-corrected chi connectivity index (χ2v) is 9.50. The molecule has 2 heterocycles. The highest BCUT2D eigenvalue weighted by molar-refractivity contribution is 5.97. The third kappa shape index (κ3) is 5.33. The van der Waals surface area contributed by atoms with E-state index in [2.05, 4.69) is 5.32 Å². The number of fused-ring (bicyclic) bond motifs is 2. The zero-order valence-corrected chi connectivity index (χ0v) is 20.2. The van der Waals surface area contributed by atoms with E-state index in [1.807, 2.05) is 6.92 Å². The van der Waals surface area contributed by atoms with E-state index in [0.29, 0.717) is 6.42 Å². The summed E-state index contributed by atoms with van der Waals surface area (Å²) in [5.74, 6) is -1.28. The Hall–Kier alpha value is -3.76. The van der Waals surface area contributed by atoms with Gasteiger partial charge >= 0.3 is 12.1 Å². The Morgan fingerprint density at radius 1 is 0.886 bits per heavy atom. The number of ether oxygens (including phenoxy) is 1. The van der Waals surface area contributed by atoms with Crippen molar-refractivity contribution in [3.8, 4) is 0 Å². The first-order chi connectivity index (χ1) is 16.4. The number of aliphatic carboxylic acids is 1. The minimum absolute atomic E-state index is 0.0360. The zero-order chi connectivity index (χ0) is 26.1. The summed E-state index contributed by atoms with van der Waals surface area (Å²) in [6.45, 7) is 7.04. The van der Waals surface area contributed by atoms with E-state index in [1.54, 1.807) is 20.8 Å². The quantitative estimate of drug-likeness (QED) is 0.460. The van der Waals surface area contributed by atoms with Crippen molar-refractivity contribution >= 4 is 33.6 Å². The van der Waals surface area contributed by atoms with E-state index in [1.165, 1.54) is 12.1 Å². The number of carboxylic acids is 1. The monoisotopic (exact) mass is 487 g/mol. The van der Waals surface area contributed by atoms with Crippen LogP contribution >= 0.6 is 0 Å². The fourth-order valence-corrected chi connectivity index (χ4v) is 3.96. The number of carbonyl (C=O) groups is 2. The maximum atomic E-state index is 12.9. The fraction of sp³-hybridized carbons (Fsp3) is 0.500. The minimum atomic E-state index is -1.28. The number of alkyl carbamates (subject to hydrolysis) is 1. The molecule has 0 fully saturated rings. The van der Waals surface area contributed by atoms with Crippen LogP contribution in [0, 0.1) is 0 Å². The van der Waals surface area contributed by atoms with Gasteiger partial charge in [0.15, 0.2) is 0 Å². The Balaban J connectivity index is 1.85. The van der Waals surface area contributed by atoms with E-state index in [4.69, 9.17) is 4.74 Å². The Morgan fingerprint density at radius 3 is 1.69 bits per heavy atom. The average Bonchev–Trinajstić information content (AvgIpc) is 3.13. The molecule has 1 unspecified atom stereocenters. The molecule has 0 radical (unpaired) electrons. The number of aromatic nitrogens is 2. The van der Waals surface area contributed by atoms with Crippen LogP contribution in [-0.4, -0.2) is 37.9 Å². The van der Waals surface area contributed by atoms with Gasteiger partial charge in [0.1, 0.15) is 11.6 Å². The molecule has 0 spiro atoms. The van der Waals surface area contributed by atoms with Crippen molar-refractivity contribution in [3.63, 3.8) is 0 Å². The number of unbranched alkanes of at least 4 members (excludes halogenated alkanes) is 1. The number of carbonyl (C=O) groups excluding carboxylic acids is 1. The van der Waals surface area contributed by atoms with E-state index in [9.17, 15) is 33.9 Å². The van der Waals surface area contributed by atoms with Gasteiger partial charge in [0.2, 0.25) is 0 Å². The van der Waals surface area contributed by atoms with Crippen LogP contribution in [0.1, 0.15) is 53.4 Å². The van der Waals surface area contributed by atoms with Gasteiger partial charge < -0.3 is 15.2 Å². The molecule has 188 valence electrons. The summed E-state index contributed by atoms with van der Waals surface area (Å²) in [5.41, 5.74) is -3.02. The number of hydrogen-bond acceptors (Lipinski definition) is 7. The van der Waals surface area contributed by atoms with E-state index >= 15 is 0 Å². The molecule has 1 aromatic carbocycles. The highest BCUT2D eigenvalue weighted by Crippen LogP contribution is 2.15. The van der Waals surface area contributed by atoms with Gasteiger partial charge in [0.25, 0.3) is 22.2 Å². The number of carboxylic acid groups (broad SMARTS) is 1. The van der Waals surface area contributed by atoms with Crippen LogP contribution in [0.25, 0.3) is 21.5 Å². The Bertz CT molecular complexity index is 1400. The van der Waals surface area contributed by atoms with Crippen LogP contribution < -0.4 is 27.6 Å². The lowest BCUT2D eigenvalue weighted by Crippen LogP contribution is -2.43. The summed E-state index contributed by atoms with van der Waals surface area (Å²) in [4.78, 5) is 74.5. The lowest BCUT2D eigenvalue weighted by atomic mass is 10.1. The molecule has 1 atom stereocenters. The van der Waals surface area contributed by atoms with Crippen LogP contribution in [-0.2, 0) is 22.6 Å². The molecule has 2 aromatic heterocycles. The van der Waals surface area contributed by atoms with Gasteiger partial charge in [-0.05, 0) is 52.2 Å². The molecule has 1 amide bonds. The van der Waals surface area contributed by atoms with E-state index in [0.717, 1.165) is 15.6 Å². The van der Waals surface area contributed by atoms with Gasteiger partial charge in [-0.25, -0.2) is 9.59 Å². The topological polar surface area (TPSA) is 154 Å². The van der Waals surface area contributed by atoms with E-state index in [-0.39, 0.29) is 47.5 Å². The van der Waals surface area contributed by atoms with Crippen LogP contribution in [0.5, 0.6) is 0 Å². The third-order valence-electron chi connectivity index (χ3n) is 5.66. The molecule has 11 nitrogen and oxygen atoms in total. The molecule has 0 bridgehead atoms. The van der Waals surface area contributed by atoms with Crippen molar-refractivity contribution in [2.45, 2.75) is 78.1 Å². The number of benzene rings is 1. The normalized spacial score (nSPS) is 12.8. The summed E-state index contributed by atoms with van der Waals surface area (Å²) in [7, 11) is 0. The molecule has 0 aliphatic rings. The number of nitrogens with zero attached hydrogens (tertiary/aromatic N) is 2. The van der Waals surface area contributed by atoms with Gasteiger partial charge in [-0.2, -0.15) is 0 Å². The van der Waals surface area contributed by atoms with Gasteiger partial charge in [-0.1, -0.05) is 13.3 Å². The lowest BCUT2D eigenvalue weighted by molar-refractivity contribution is -0.139. The van der Waals surface area contributed by atoms with Crippen molar-refractivity contribution in [3.05, 3.63) is 53.5 Å². The number of hydrogen-bond donors (Lipinski definition) is 2. The second kappa shape index (κ2) is 9.85. The number of nitrogens with one attached hydrogen (secondary N) is 1. The summed E-state index contributed by atoms with van der Waals surface area (Å²) >= 11 is 0. The highest BCUT2D eigenvalue weighted by Gasteiger charge is 2.24. The minimum Gasteiger partial charge on any atom is -0.480 e. The first-order valence-electron chi connectivity index (χ1n) is 11.5. The largest absolute Gasteiger partial charge is 0.480 e. The van der Waals surface area contributed by atoms with Crippen molar-refractivity contribution in [2.24, 2.45) is 0 Å². The molecule has 0 saturated carbocycles. The molecular formula is C24H29N3O8. The first kappa shape index (κ1) is 25.9. The van der Waals surface area contributed by atoms with Crippen molar-refractivity contribution in [1.82, 2.24) is 14.5 Å². The summed E-state index contributed by atoms with van der Waals surface area (Å²) in [6.07, 6.45) is 0.605. The summed E-state index contributed by atoms with van der Waals surface area (Å²) < 4.78 is 7.15. The standard InChI is InChI=1S/C24H29N3O8/c1-5-6-9-26-18(28)13-11-15-16(12-14(13)19(26)29)21(31)27(20(15)30)10-7-8-17(22(32)33)25-23(34)35-24(2,3)4/h11-12,17H,5-10H2,1-4H3,(H,25,34)(H,32,33). The third-order valence-corrected chi connectivity index (χ3v) is 5.66. The average molecular weight is 488 g/mol. The number of rotatable bonds is 9. The van der Waals surface area contributed by atoms with Gasteiger partial charge in [0.05, 0.1) is 21.5 Å². The van der Waals surface area contributed by atoms with Gasteiger partial charge in [-0.3, -0.25) is 28.3 Å². The Labute approximate surface area is 199 Å². The molecule has 35 heavy (non-hydrogen) atoms. The van der Waals surface area contributed by atoms with Crippen molar-refractivity contribution in [2.75, 3.05) is 0 Å². The molecule has 0 saturated heterocycles. The SMILES string of the molecule is CCCCn1c(=O)c2cc3c(=O)n(CCCC(NC(=O)OC(C)(C)C)C(=O)O)c(=O)c3cc2c1=O. The van der Waals surface area contributed by atoms with Crippen LogP contribution in [0.2, 0.25) is 0 Å². The summed E-state index contributed by atoms with van der Waals surface area (Å²) in [6, 6.07) is 1.32. The molecule has 3 aromatic rings. The predicted octanol–water partition coefficient (Wildman–Crippen LogP) is 1.47. The lowest BCUT2D eigenvalue weighted by Gasteiger charge is -2.22. The number of amides is 1. The fourth-order valence-electron chi connectivity index (χ4n) is 3.96. The predicted molar refractivity (Wildman–Crippen MR) is 130 cm³/mol.